The van der Waals surface area contributed by atoms with E-state index in [0.29, 0.717) is 19.4 Å². The molecule has 0 rings (SSSR count). The molecular weight excluding hydrogens is 548 g/mol. The van der Waals surface area contributed by atoms with Gasteiger partial charge in [-0.15, -0.1) is 0 Å². The van der Waals surface area contributed by atoms with Crippen molar-refractivity contribution in [2.75, 3.05) is 19.8 Å². The Bertz CT molecular complexity index is 752. The van der Waals surface area contributed by atoms with Gasteiger partial charge in [-0.2, -0.15) is 0 Å². The van der Waals surface area contributed by atoms with E-state index in [0.717, 1.165) is 83.5 Å². The van der Waals surface area contributed by atoms with Crippen molar-refractivity contribution in [2.24, 2.45) is 0 Å². The van der Waals surface area contributed by atoms with Gasteiger partial charge >= 0.3 is 11.9 Å². The molecule has 44 heavy (non-hydrogen) atoms. The smallest absolute Gasteiger partial charge is 0.306 e. The Kier molecular flexibility index (Phi) is 33.6. The van der Waals surface area contributed by atoms with Gasteiger partial charge in [-0.25, -0.2) is 0 Å². The highest BCUT2D eigenvalue weighted by Gasteiger charge is 2.17. The van der Waals surface area contributed by atoms with Crippen molar-refractivity contribution in [2.45, 2.75) is 168 Å². The molecule has 0 heterocycles. The van der Waals surface area contributed by atoms with E-state index in [4.69, 9.17) is 14.2 Å². The van der Waals surface area contributed by atoms with E-state index in [9.17, 15) is 9.59 Å². The molecule has 0 fully saturated rings. The molecule has 0 aromatic rings. The quantitative estimate of drug-likeness (QED) is 0.0427. The van der Waals surface area contributed by atoms with Crippen LogP contribution in [0, 0.1) is 0 Å². The second kappa shape index (κ2) is 35.3. The number of unbranched alkanes of at least 4 members (excludes halogenated alkanes) is 13. The Balaban J connectivity index is 4.16. The van der Waals surface area contributed by atoms with E-state index in [1.807, 2.05) is 0 Å². The first-order valence-electron chi connectivity index (χ1n) is 18.2. The standard InChI is InChI=1S/C39H68O5/c1-4-7-10-13-15-16-17-18-19-20-21-22-23-25-28-31-34-42-35-37(44-39(41)33-30-26-12-9-6-3)36-43-38(40)32-29-27-24-14-11-8-5-2/h7,10,15-16,18-19,21-22,37H,4-6,8-9,11-14,17,20,23-36H2,1-3H3/b10-7-,16-15-,19-18-,22-21-. The van der Waals surface area contributed by atoms with Gasteiger partial charge in [0.25, 0.3) is 0 Å². The molecule has 1 unspecified atom stereocenters. The van der Waals surface area contributed by atoms with Crippen LogP contribution in [0.2, 0.25) is 0 Å². The Hall–Kier alpha value is -2.14. The summed E-state index contributed by atoms with van der Waals surface area (Å²) < 4.78 is 17.0. The molecule has 0 spiro atoms. The molecule has 1 atom stereocenters. The first-order chi connectivity index (χ1) is 21.6. The van der Waals surface area contributed by atoms with Crippen LogP contribution in [0.3, 0.4) is 0 Å². The van der Waals surface area contributed by atoms with Gasteiger partial charge in [0.1, 0.15) is 6.61 Å². The molecule has 0 N–H and O–H groups in total. The first-order valence-corrected chi connectivity index (χ1v) is 18.2. The fourth-order valence-electron chi connectivity index (χ4n) is 4.67. The van der Waals surface area contributed by atoms with Crippen LogP contribution in [-0.4, -0.2) is 37.9 Å². The zero-order chi connectivity index (χ0) is 32.2. The number of carbonyl (C=O) groups is 2. The Labute approximate surface area is 272 Å². The van der Waals surface area contributed by atoms with Crippen LogP contribution in [0.1, 0.15) is 162 Å². The van der Waals surface area contributed by atoms with Gasteiger partial charge in [-0.05, 0) is 57.8 Å². The maximum Gasteiger partial charge on any atom is 0.306 e. The number of carbonyl (C=O) groups excluding carboxylic acids is 2. The zero-order valence-electron chi connectivity index (χ0n) is 28.9. The van der Waals surface area contributed by atoms with E-state index in [1.165, 1.54) is 44.9 Å². The van der Waals surface area contributed by atoms with Crippen LogP contribution in [0.25, 0.3) is 0 Å². The molecule has 0 saturated carbocycles. The number of esters is 2. The monoisotopic (exact) mass is 617 g/mol. The van der Waals surface area contributed by atoms with Gasteiger partial charge in [0.2, 0.25) is 0 Å². The molecule has 0 bridgehead atoms. The van der Waals surface area contributed by atoms with E-state index in [1.54, 1.807) is 0 Å². The van der Waals surface area contributed by atoms with Gasteiger partial charge in [0, 0.05) is 19.4 Å². The Morgan fingerprint density at radius 1 is 0.523 bits per heavy atom. The molecule has 5 nitrogen and oxygen atoms in total. The largest absolute Gasteiger partial charge is 0.462 e. The highest BCUT2D eigenvalue weighted by molar-refractivity contribution is 5.70. The van der Waals surface area contributed by atoms with Crippen LogP contribution in [0.4, 0.5) is 0 Å². The zero-order valence-corrected chi connectivity index (χ0v) is 28.9. The number of hydrogen-bond donors (Lipinski definition) is 0. The average molecular weight is 617 g/mol. The Morgan fingerprint density at radius 3 is 1.61 bits per heavy atom. The van der Waals surface area contributed by atoms with E-state index < -0.39 is 6.10 Å². The summed E-state index contributed by atoms with van der Waals surface area (Å²) in [6, 6.07) is 0. The van der Waals surface area contributed by atoms with Crippen molar-refractivity contribution in [3.63, 3.8) is 0 Å². The van der Waals surface area contributed by atoms with Gasteiger partial charge in [0.05, 0.1) is 6.61 Å². The summed E-state index contributed by atoms with van der Waals surface area (Å²) in [4.78, 5) is 24.7. The minimum absolute atomic E-state index is 0.0722. The molecule has 0 aromatic carbocycles. The summed E-state index contributed by atoms with van der Waals surface area (Å²) in [5.74, 6) is -0.439. The predicted octanol–water partition coefficient (Wildman–Crippen LogP) is 11.3. The highest BCUT2D eigenvalue weighted by Crippen LogP contribution is 2.11. The van der Waals surface area contributed by atoms with Crippen molar-refractivity contribution < 1.29 is 23.8 Å². The Morgan fingerprint density at radius 2 is 1.02 bits per heavy atom. The third-order valence-electron chi connectivity index (χ3n) is 7.38. The van der Waals surface area contributed by atoms with Crippen molar-refractivity contribution >= 4 is 11.9 Å². The fraction of sp³-hybridized carbons (Fsp3) is 0.744. The van der Waals surface area contributed by atoms with Gasteiger partial charge in [-0.1, -0.05) is 140 Å². The van der Waals surface area contributed by atoms with Crippen LogP contribution < -0.4 is 0 Å². The van der Waals surface area contributed by atoms with Crippen LogP contribution in [0.15, 0.2) is 48.6 Å². The lowest BCUT2D eigenvalue weighted by atomic mass is 10.1. The SMILES string of the molecule is CC/C=C\C/C=C\C/C=C\C/C=C\CCCCCOCC(COC(=O)CCCCCCCCC)OC(=O)CCCCCCC. The third-order valence-corrected chi connectivity index (χ3v) is 7.38. The number of rotatable bonds is 32. The van der Waals surface area contributed by atoms with Gasteiger partial charge in [-0.3, -0.25) is 9.59 Å². The molecule has 254 valence electrons. The van der Waals surface area contributed by atoms with Gasteiger partial charge < -0.3 is 14.2 Å². The number of hydrogen-bond acceptors (Lipinski definition) is 5. The van der Waals surface area contributed by atoms with Crippen molar-refractivity contribution in [1.82, 2.24) is 0 Å². The van der Waals surface area contributed by atoms with E-state index in [2.05, 4.69) is 69.4 Å². The van der Waals surface area contributed by atoms with Crippen LogP contribution in [0.5, 0.6) is 0 Å². The molecule has 0 aliphatic carbocycles. The average Bonchev–Trinajstić information content (AvgIpc) is 3.02. The molecule has 0 aliphatic heterocycles. The molecule has 0 amide bonds. The van der Waals surface area contributed by atoms with Crippen molar-refractivity contribution in [3.8, 4) is 0 Å². The first kappa shape index (κ1) is 41.9. The lowest BCUT2D eigenvalue weighted by molar-refractivity contribution is -0.163. The molecule has 0 aromatic heterocycles. The van der Waals surface area contributed by atoms with E-state index >= 15 is 0 Å². The number of ether oxygens (including phenoxy) is 3. The minimum Gasteiger partial charge on any atom is -0.462 e. The second-order valence-corrected chi connectivity index (χ2v) is 11.8. The summed E-state index contributed by atoms with van der Waals surface area (Å²) in [6.07, 6.45) is 39.9. The third kappa shape index (κ3) is 32.8. The van der Waals surface area contributed by atoms with Crippen molar-refractivity contribution in [3.05, 3.63) is 48.6 Å². The summed E-state index contributed by atoms with van der Waals surface area (Å²) in [6.45, 7) is 7.51. The lowest BCUT2D eigenvalue weighted by Crippen LogP contribution is -2.30. The molecule has 0 radical (unpaired) electrons. The van der Waals surface area contributed by atoms with Crippen molar-refractivity contribution in [1.29, 1.82) is 0 Å². The molecule has 0 aliphatic rings. The van der Waals surface area contributed by atoms with Gasteiger partial charge in [0.15, 0.2) is 6.10 Å². The highest BCUT2D eigenvalue weighted by atomic mass is 16.6. The molecule has 0 saturated heterocycles. The maximum atomic E-state index is 12.4. The maximum absolute atomic E-state index is 12.4. The normalized spacial score (nSPS) is 12.7. The lowest BCUT2D eigenvalue weighted by Gasteiger charge is -2.18. The van der Waals surface area contributed by atoms with E-state index in [-0.39, 0.29) is 25.2 Å². The predicted molar refractivity (Wildman–Crippen MR) is 187 cm³/mol. The molecular formula is C39H68O5. The summed E-state index contributed by atoms with van der Waals surface area (Å²) in [7, 11) is 0. The fourth-order valence-corrected chi connectivity index (χ4v) is 4.67. The summed E-state index contributed by atoms with van der Waals surface area (Å²) >= 11 is 0. The summed E-state index contributed by atoms with van der Waals surface area (Å²) in [5.41, 5.74) is 0. The van der Waals surface area contributed by atoms with Crippen LogP contribution >= 0.6 is 0 Å². The van der Waals surface area contributed by atoms with Crippen LogP contribution in [-0.2, 0) is 23.8 Å². The second-order valence-electron chi connectivity index (χ2n) is 11.8. The topological polar surface area (TPSA) is 61.8 Å². The minimum atomic E-state index is -0.541. The molecule has 5 heteroatoms. The number of allylic oxidation sites excluding steroid dienone is 8. The summed E-state index contributed by atoms with van der Waals surface area (Å²) in [5, 5.41) is 0.